The Labute approximate surface area is 187 Å². The molecule has 31 heavy (non-hydrogen) atoms. The van der Waals surface area contributed by atoms with Crippen LogP contribution in [0.1, 0.15) is 36.9 Å². The maximum absolute atomic E-state index is 11.5. The molecule has 2 aromatic carbocycles. The summed E-state index contributed by atoms with van der Waals surface area (Å²) in [4.78, 5) is 10.9. The molecule has 0 radical (unpaired) electrons. The van der Waals surface area contributed by atoms with E-state index >= 15 is 0 Å². The van der Waals surface area contributed by atoms with Crippen LogP contribution in [0.2, 0.25) is 5.02 Å². The molecule has 1 atom stereocenters. The van der Waals surface area contributed by atoms with Gasteiger partial charge in [-0.05, 0) is 54.5 Å². The molecule has 0 saturated carbocycles. The molecule has 1 aromatic heterocycles. The summed E-state index contributed by atoms with van der Waals surface area (Å²) in [5.41, 5.74) is 3.99. The van der Waals surface area contributed by atoms with Gasteiger partial charge in [0.05, 0.1) is 11.1 Å². The average Bonchev–Trinajstić information content (AvgIpc) is 3.12. The highest BCUT2D eigenvalue weighted by Crippen LogP contribution is 2.31. The van der Waals surface area contributed by atoms with E-state index in [0.717, 1.165) is 29.7 Å². The van der Waals surface area contributed by atoms with E-state index in [9.17, 15) is 13.2 Å². The molecule has 0 spiro atoms. The fourth-order valence-corrected chi connectivity index (χ4v) is 4.61. The van der Waals surface area contributed by atoms with Gasteiger partial charge in [-0.15, -0.1) is 0 Å². The van der Waals surface area contributed by atoms with Crippen molar-refractivity contribution in [3.63, 3.8) is 0 Å². The Balaban J connectivity index is 0.000000179. The van der Waals surface area contributed by atoms with Gasteiger partial charge in [0.25, 0.3) is 0 Å². The van der Waals surface area contributed by atoms with Gasteiger partial charge in [-0.1, -0.05) is 48.9 Å². The van der Waals surface area contributed by atoms with Crippen molar-refractivity contribution in [3.05, 3.63) is 71.0 Å². The van der Waals surface area contributed by atoms with Gasteiger partial charge >= 0.3 is 5.97 Å². The van der Waals surface area contributed by atoms with Crippen LogP contribution in [0.25, 0.3) is 11.1 Å². The zero-order chi connectivity index (χ0) is 22.6. The summed E-state index contributed by atoms with van der Waals surface area (Å²) in [5, 5.41) is 13.4. The van der Waals surface area contributed by atoms with Crippen LogP contribution in [-0.4, -0.2) is 35.5 Å². The summed E-state index contributed by atoms with van der Waals surface area (Å²) in [6, 6.07) is 14.1. The highest BCUT2D eigenvalue weighted by Gasteiger charge is 2.21. The molecule has 1 unspecified atom stereocenters. The van der Waals surface area contributed by atoms with Crippen LogP contribution >= 0.6 is 11.6 Å². The Morgan fingerprint density at radius 1 is 1.23 bits per heavy atom. The van der Waals surface area contributed by atoms with E-state index < -0.39 is 15.8 Å². The summed E-state index contributed by atoms with van der Waals surface area (Å²) in [6.45, 7) is 2.16. The number of sulfone groups is 1. The number of rotatable bonds is 4. The minimum Gasteiger partial charge on any atom is -0.480 e. The van der Waals surface area contributed by atoms with Crippen molar-refractivity contribution in [1.29, 1.82) is 0 Å². The van der Waals surface area contributed by atoms with Crippen LogP contribution in [-0.2, 0) is 27.6 Å². The molecule has 1 aliphatic rings. The van der Waals surface area contributed by atoms with Gasteiger partial charge < -0.3 is 5.11 Å². The first-order chi connectivity index (χ1) is 14.7. The SMILES string of the molecule is CC1CCCc2c1cnn2CC(=O)O.CS(=O)(=O)c1cccc(-c2ccccc2Cl)c1. The molecule has 0 amide bonds. The summed E-state index contributed by atoms with van der Waals surface area (Å²) >= 11 is 6.08. The number of hydrogen-bond donors (Lipinski definition) is 1. The number of nitrogens with zero attached hydrogens (tertiary/aromatic N) is 2. The van der Waals surface area contributed by atoms with Gasteiger partial charge in [0.1, 0.15) is 6.54 Å². The third-order valence-electron chi connectivity index (χ3n) is 5.29. The highest BCUT2D eigenvalue weighted by molar-refractivity contribution is 7.90. The molecule has 6 nitrogen and oxygen atoms in total. The van der Waals surface area contributed by atoms with Crippen molar-refractivity contribution < 1.29 is 18.3 Å². The Bertz CT molecular complexity index is 1190. The minimum absolute atomic E-state index is 0.0119. The lowest BCUT2D eigenvalue weighted by Gasteiger charge is -2.18. The van der Waals surface area contributed by atoms with E-state index in [1.165, 1.54) is 18.2 Å². The molecule has 0 aliphatic heterocycles. The molecule has 164 valence electrons. The van der Waals surface area contributed by atoms with Crippen LogP contribution in [0.5, 0.6) is 0 Å². The van der Waals surface area contributed by atoms with E-state index in [1.54, 1.807) is 28.9 Å². The second-order valence-electron chi connectivity index (χ2n) is 7.67. The van der Waals surface area contributed by atoms with Crippen molar-refractivity contribution in [3.8, 4) is 11.1 Å². The lowest BCUT2D eigenvalue weighted by molar-refractivity contribution is -0.137. The highest BCUT2D eigenvalue weighted by atomic mass is 35.5. The van der Waals surface area contributed by atoms with Crippen LogP contribution in [0.4, 0.5) is 0 Å². The molecule has 1 heterocycles. The number of halogens is 1. The van der Waals surface area contributed by atoms with Crippen molar-refractivity contribution >= 4 is 27.4 Å². The number of carbonyl (C=O) groups is 1. The maximum atomic E-state index is 11.5. The molecule has 3 aromatic rings. The Morgan fingerprint density at radius 2 is 1.97 bits per heavy atom. The first-order valence-corrected chi connectivity index (χ1v) is 12.2. The average molecular weight is 461 g/mol. The van der Waals surface area contributed by atoms with Gasteiger partial charge in [-0.2, -0.15) is 5.10 Å². The molecule has 4 rings (SSSR count). The van der Waals surface area contributed by atoms with Crippen LogP contribution in [0.15, 0.2) is 59.6 Å². The molecule has 0 bridgehead atoms. The molecular weight excluding hydrogens is 436 g/mol. The van der Waals surface area contributed by atoms with Crippen LogP contribution in [0, 0.1) is 0 Å². The van der Waals surface area contributed by atoms with Gasteiger partial charge in [0, 0.05) is 22.5 Å². The zero-order valence-corrected chi connectivity index (χ0v) is 19.0. The Hall–Kier alpha value is -2.64. The van der Waals surface area contributed by atoms with Crippen LogP contribution < -0.4 is 0 Å². The van der Waals surface area contributed by atoms with E-state index in [0.29, 0.717) is 15.8 Å². The van der Waals surface area contributed by atoms with Crippen molar-refractivity contribution in [2.24, 2.45) is 0 Å². The van der Waals surface area contributed by atoms with Crippen molar-refractivity contribution in [1.82, 2.24) is 9.78 Å². The molecular formula is C23H25ClN2O4S. The summed E-state index contributed by atoms with van der Waals surface area (Å²) in [6.07, 6.45) is 6.30. The Kier molecular flexibility index (Phi) is 7.18. The topological polar surface area (TPSA) is 89.3 Å². The summed E-state index contributed by atoms with van der Waals surface area (Å²) < 4.78 is 24.6. The zero-order valence-electron chi connectivity index (χ0n) is 17.5. The number of carboxylic acids is 1. The van der Waals surface area contributed by atoms with Gasteiger partial charge in [-0.3, -0.25) is 9.48 Å². The van der Waals surface area contributed by atoms with Gasteiger partial charge in [0.15, 0.2) is 9.84 Å². The maximum Gasteiger partial charge on any atom is 0.325 e. The molecule has 1 aliphatic carbocycles. The summed E-state index contributed by atoms with van der Waals surface area (Å²) in [5.74, 6) is -0.296. The van der Waals surface area contributed by atoms with Gasteiger partial charge in [0.2, 0.25) is 0 Å². The molecule has 1 N–H and O–H groups in total. The second-order valence-corrected chi connectivity index (χ2v) is 10.1. The quantitative estimate of drug-likeness (QED) is 0.603. The number of fused-ring (bicyclic) bond motifs is 1. The molecule has 0 fully saturated rings. The van der Waals surface area contributed by atoms with Crippen molar-refractivity contribution in [2.75, 3.05) is 6.26 Å². The monoisotopic (exact) mass is 460 g/mol. The standard InChI is InChI=1S/C13H11ClO2S.C10H14N2O2/c1-17(15,16)11-6-4-5-10(9-11)12-7-2-3-8-13(12)14;1-7-3-2-4-9-8(7)5-11-12(9)6-10(13)14/h2-9H,1H3;5,7H,2-4,6H2,1H3,(H,13,14). The molecule has 0 saturated heterocycles. The van der Waals surface area contributed by atoms with Crippen molar-refractivity contribution in [2.45, 2.75) is 43.5 Å². The predicted octanol–water partition coefficient (Wildman–Crippen LogP) is 4.82. The van der Waals surface area contributed by atoms with E-state index in [4.69, 9.17) is 16.7 Å². The number of hydrogen-bond acceptors (Lipinski definition) is 4. The van der Waals surface area contributed by atoms with E-state index in [-0.39, 0.29) is 6.54 Å². The number of aliphatic carboxylic acids is 1. The lowest BCUT2D eigenvalue weighted by atomic mass is 9.89. The summed E-state index contributed by atoms with van der Waals surface area (Å²) in [7, 11) is -3.19. The predicted molar refractivity (Wildman–Crippen MR) is 121 cm³/mol. The Morgan fingerprint density at radius 3 is 2.65 bits per heavy atom. The number of aromatic nitrogens is 2. The third-order valence-corrected chi connectivity index (χ3v) is 6.73. The minimum atomic E-state index is -3.19. The van der Waals surface area contributed by atoms with E-state index in [2.05, 4.69) is 12.0 Å². The smallest absolute Gasteiger partial charge is 0.325 e. The molecule has 8 heteroatoms. The largest absolute Gasteiger partial charge is 0.480 e. The first-order valence-electron chi connectivity index (χ1n) is 9.98. The second kappa shape index (κ2) is 9.66. The third kappa shape index (κ3) is 5.74. The van der Waals surface area contributed by atoms with Gasteiger partial charge in [-0.25, -0.2) is 8.42 Å². The number of carboxylic acid groups (broad SMARTS) is 1. The fraction of sp³-hybridized carbons (Fsp3) is 0.304. The fourth-order valence-electron chi connectivity index (χ4n) is 3.70. The normalized spacial score (nSPS) is 15.5. The lowest BCUT2D eigenvalue weighted by Crippen LogP contribution is -2.16. The first kappa shape index (κ1) is 23.0. The number of benzene rings is 2. The van der Waals surface area contributed by atoms with Crippen LogP contribution in [0.3, 0.4) is 0 Å². The van der Waals surface area contributed by atoms with E-state index in [1.807, 2.05) is 30.5 Å².